The number of hydrogen-bond donors (Lipinski definition) is 2. The fourth-order valence-electron chi connectivity index (χ4n) is 7.97. The van der Waals surface area contributed by atoms with Gasteiger partial charge in [0.15, 0.2) is 6.10 Å². The van der Waals surface area contributed by atoms with Crippen molar-refractivity contribution in [2.75, 3.05) is 26.4 Å². The molecule has 0 fully saturated rings. The molecule has 0 rings (SSSR count). The number of allylic oxidation sites excluding steroid dienone is 16. The van der Waals surface area contributed by atoms with Gasteiger partial charge in [-0.2, -0.15) is 0 Å². The molecule has 12 heteroatoms. The Bertz CT molecular complexity index is 1640. The highest BCUT2D eigenvalue weighted by Crippen LogP contribution is 2.43. The Balaban J connectivity index is 4.78. The average Bonchev–Trinajstić information content (AvgIpc) is 3.41. The Morgan fingerprint density at radius 3 is 1.14 bits per heavy atom. The third-order valence-electron chi connectivity index (χ3n) is 12.5. The first kappa shape index (κ1) is 72.4. The Morgan fingerprint density at radius 1 is 0.382 bits per heavy atom. The van der Waals surface area contributed by atoms with Gasteiger partial charge < -0.3 is 24.2 Å². The topological polar surface area (TPSA) is 155 Å². The van der Waals surface area contributed by atoms with Crippen molar-refractivity contribution < 1.29 is 52.2 Å². The highest BCUT2D eigenvalue weighted by atomic mass is 31.2. The number of rotatable bonds is 55. The largest absolute Gasteiger partial charge is 0.472 e. The molecule has 0 heterocycles. The zero-order valence-electron chi connectivity index (χ0n) is 48.2. The summed E-state index contributed by atoms with van der Waals surface area (Å²) in [4.78, 5) is 48.6. The average molecular weight is 1090 g/mol. The number of esters is 3. The van der Waals surface area contributed by atoms with E-state index in [2.05, 4.69) is 106 Å². The van der Waals surface area contributed by atoms with Crippen LogP contribution in [0.1, 0.15) is 252 Å². The lowest BCUT2D eigenvalue weighted by Gasteiger charge is -2.21. The smallest absolute Gasteiger partial charge is 0.462 e. The molecule has 0 aliphatic carbocycles. The summed E-state index contributed by atoms with van der Waals surface area (Å²) in [6.45, 7) is 4.33. The van der Waals surface area contributed by atoms with Gasteiger partial charge in [-0.05, 0) is 103 Å². The first-order chi connectivity index (χ1) is 37.2. The molecule has 76 heavy (non-hydrogen) atoms. The van der Waals surface area contributed by atoms with Crippen LogP contribution in [-0.2, 0) is 42.2 Å². The van der Waals surface area contributed by atoms with E-state index in [0.29, 0.717) is 19.3 Å². The van der Waals surface area contributed by atoms with E-state index < -0.39 is 57.8 Å². The quantitative estimate of drug-likeness (QED) is 0.0197. The van der Waals surface area contributed by atoms with Crippen LogP contribution in [0, 0.1) is 0 Å². The molecule has 0 radical (unpaired) electrons. The highest BCUT2D eigenvalue weighted by molar-refractivity contribution is 7.47. The predicted molar refractivity (Wildman–Crippen MR) is 316 cm³/mol. The van der Waals surface area contributed by atoms with E-state index in [0.717, 1.165) is 96.3 Å². The van der Waals surface area contributed by atoms with Crippen molar-refractivity contribution in [3.8, 4) is 0 Å². The van der Waals surface area contributed by atoms with Crippen molar-refractivity contribution in [3.63, 3.8) is 0 Å². The molecule has 0 spiro atoms. The van der Waals surface area contributed by atoms with E-state index in [4.69, 9.17) is 23.3 Å². The summed E-state index contributed by atoms with van der Waals surface area (Å²) in [7, 11) is -4.77. The number of phosphoric ester groups is 1. The first-order valence-electron chi connectivity index (χ1n) is 30.1. The lowest BCUT2D eigenvalue weighted by molar-refractivity contribution is -0.161. The molecule has 436 valence electrons. The van der Waals surface area contributed by atoms with Gasteiger partial charge in [-0.3, -0.25) is 23.4 Å². The van der Waals surface area contributed by atoms with E-state index in [9.17, 15) is 28.9 Å². The molecule has 0 aromatic rings. The number of hydrogen-bond acceptors (Lipinski definition) is 10. The summed E-state index contributed by atoms with van der Waals surface area (Å²) in [6, 6.07) is 0. The summed E-state index contributed by atoms with van der Waals surface area (Å²) in [6.07, 6.45) is 68.1. The van der Waals surface area contributed by atoms with Gasteiger partial charge in [-0.25, -0.2) is 4.57 Å². The van der Waals surface area contributed by atoms with Crippen LogP contribution < -0.4 is 0 Å². The molecule has 0 aromatic carbocycles. The Morgan fingerprint density at radius 2 is 0.711 bits per heavy atom. The molecule has 3 atom stereocenters. The van der Waals surface area contributed by atoms with Crippen LogP contribution in [0.15, 0.2) is 97.2 Å². The van der Waals surface area contributed by atoms with Crippen LogP contribution in [0.5, 0.6) is 0 Å². The maximum absolute atomic E-state index is 12.9. The molecular weight excluding hydrogens is 976 g/mol. The van der Waals surface area contributed by atoms with E-state index in [1.807, 2.05) is 12.2 Å². The summed E-state index contributed by atoms with van der Waals surface area (Å²) >= 11 is 0. The van der Waals surface area contributed by atoms with Crippen molar-refractivity contribution in [2.24, 2.45) is 0 Å². The molecule has 0 bridgehead atoms. The van der Waals surface area contributed by atoms with Crippen LogP contribution in [0.3, 0.4) is 0 Å². The van der Waals surface area contributed by atoms with Crippen molar-refractivity contribution >= 4 is 25.7 Å². The SMILES string of the molecule is CC/C=C\C/C=C\C/C=C\C/C=C\CCC(=O)OC(CO)COP(=O)(O)OCC(COC(=O)CCCCCCCCC/C=C\C/C=C\C/C=C\CC)OC(=O)CCCCCCCCCCC/C=C\CCCCCCCC. The minimum atomic E-state index is -4.77. The Labute approximate surface area is 463 Å². The summed E-state index contributed by atoms with van der Waals surface area (Å²) in [5, 5.41) is 9.80. The van der Waals surface area contributed by atoms with Gasteiger partial charge in [0.25, 0.3) is 0 Å². The molecule has 0 amide bonds. The number of carbonyl (C=O) groups is 3. The summed E-state index contributed by atoms with van der Waals surface area (Å²) in [5.41, 5.74) is 0. The highest BCUT2D eigenvalue weighted by Gasteiger charge is 2.28. The second-order valence-electron chi connectivity index (χ2n) is 19.7. The number of ether oxygens (including phenoxy) is 3. The van der Waals surface area contributed by atoms with Crippen LogP contribution in [0.25, 0.3) is 0 Å². The van der Waals surface area contributed by atoms with Crippen LogP contribution in [0.4, 0.5) is 0 Å². The third-order valence-corrected chi connectivity index (χ3v) is 13.4. The lowest BCUT2D eigenvalue weighted by atomic mass is 10.1. The van der Waals surface area contributed by atoms with Crippen LogP contribution in [0.2, 0.25) is 0 Å². The number of unbranched alkanes of at least 4 members (excludes halogenated alkanes) is 22. The van der Waals surface area contributed by atoms with Crippen LogP contribution in [-0.4, -0.2) is 66.5 Å². The summed E-state index contributed by atoms with van der Waals surface area (Å²) in [5.74, 6) is -1.56. The Kier molecular flexibility index (Phi) is 54.8. The van der Waals surface area contributed by atoms with E-state index in [1.165, 1.54) is 96.3 Å². The minimum absolute atomic E-state index is 0.0523. The molecule has 11 nitrogen and oxygen atoms in total. The standard InChI is InChI=1S/C64H109O11P/c1-4-7-10-13-16-19-22-25-27-29-30-32-34-37-40-43-46-49-52-55-64(68)75-61(57-71-62(66)53-50-47-44-41-38-36-33-31-28-26-23-20-17-14-11-8-5-2)59-73-76(69,70)72-58-60(56-65)74-63(67)54-51-48-45-42-39-35-24-21-18-15-12-9-6-3/h8-9,11-12,17-18,20-21,25-28,35,39,45,48,60-61,65H,4-7,10,13-16,19,22-24,29-34,36-38,40-44,46-47,49-59H2,1-3H3,(H,69,70)/b11-8-,12-9-,20-17-,21-18-,27-25-,28-26-,39-35-,48-45-. The minimum Gasteiger partial charge on any atom is -0.462 e. The van der Waals surface area contributed by atoms with Crippen molar-refractivity contribution in [1.29, 1.82) is 0 Å². The maximum atomic E-state index is 12.9. The number of phosphoric acid groups is 1. The maximum Gasteiger partial charge on any atom is 0.472 e. The number of aliphatic hydroxyl groups is 1. The van der Waals surface area contributed by atoms with Crippen molar-refractivity contribution in [2.45, 2.75) is 264 Å². The number of aliphatic hydroxyl groups excluding tert-OH is 1. The molecule has 2 N–H and O–H groups in total. The number of carbonyl (C=O) groups excluding carboxylic acids is 3. The molecule has 0 aliphatic rings. The van der Waals surface area contributed by atoms with E-state index >= 15 is 0 Å². The van der Waals surface area contributed by atoms with E-state index in [1.54, 1.807) is 0 Å². The zero-order chi connectivity index (χ0) is 55.5. The molecule has 0 aromatic heterocycles. The van der Waals surface area contributed by atoms with Gasteiger partial charge in [-0.15, -0.1) is 0 Å². The van der Waals surface area contributed by atoms with Gasteiger partial charge in [0, 0.05) is 19.3 Å². The van der Waals surface area contributed by atoms with Gasteiger partial charge in [-0.1, -0.05) is 227 Å². The molecule has 0 saturated heterocycles. The normalized spacial score (nSPS) is 14.0. The molecule has 3 unspecified atom stereocenters. The second-order valence-corrected chi connectivity index (χ2v) is 21.2. The lowest BCUT2D eigenvalue weighted by Crippen LogP contribution is -2.30. The first-order valence-corrected chi connectivity index (χ1v) is 31.6. The summed E-state index contributed by atoms with van der Waals surface area (Å²) < 4.78 is 39.5. The predicted octanol–water partition coefficient (Wildman–Crippen LogP) is 18.0. The van der Waals surface area contributed by atoms with Gasteiger partial charge in [0.05, 0.1) is 19.8 Å². The molecule has 0 saturated carbocycles. The molecular formula is C64H109O11P. The van der Waals surface area contributed by atoms with Crippen molar-refractivity contribution in [1.82, 2.24) is 0 Å². The fourth-order valence-corrected chi connectivity index (χ4v) is 8.75. The van der Waals surface area contributed by atoms with Crippen molar-refractivity contribution in [3.05, 3.63) is 97.2 Å². The molecule has 0 aliphatic heterocycles. The third kappa shape index (κ3) is 55.2. The van der Waals surface area contributed by atoms with E-state index in [-0.39, 0.29) is 25.9 Å². The fraction of sp³-hybridized carbons (Fsp3) is 0.703. The van der Waals surface area contributed by atoms with Gasteiger partial charge in [0.1, 0.15) is 12.7 Å². The van der Waals surface area contributed by atoms with Gasteiger partial charge >= 0.3 is 25.7 Å². The Hall–Kier alpha value is -3.60. The second kappa shape index (κ2) is 57.6. The zero-order valence-corrected chi connectivity index (χ0v) is 49.1. The monoisotopic (exact) mass is 1080 g/mol. The van der Waals surface area contributed by atoms with Crippen LogP contribution >= 0.6 is 7.82 Å². The van der Waals surface area contributed by atoms with Gasteiger partial charge in [0.2, 0.25) is 0 Å².